The lowest BCUT2D eigenvalue weighted by molar-refractivity contribution is 0.0732. The molecule has 0 fully saturated rings. The maximum absolute atomic E-state index is 13.5. The largest absolute Gasteiger partial charge is 0.486 e. The van der Waals surface area contributed by atoms with Crippen LogP contribution in [0.3, 0.4) is 0 Å². The quantitative estimate of drug-likeness (QED) is 0.293. The molecule has 0 saturated heterocycles. The zero-order chi connectivity index (χ0) is 23.8. The SMILES string of the molecule is CCc1cc2c(=O)c(-c3ccc4c(c3)OCCO4)c(C)oc2cc1OC(=O)c1ccccc1C. The summed E-state index contributed by atoms with van der Waals surface area (Å²) in [5.41, 5.74) is 3.46. The molecule has 172 valence electrons. The van der Waals surface area contributed by atoms with Crippen molar-refractivity contribution >= 4 is 16.9 Å². The number of benzene rings is 3. The van der Waals surface area contributed by atoms with Gasteiger partial charge in [0, 0.05) is 6.07 Å². The number of ether oxygens (including phenoxy) is 3. The van der Waals surface area contributed by atoms with E-state index in [0.29, 0.717) is 70.3 Å². The van der Waals surface area contributed by atoms with E-state index in [1.807, 2.05) is 32.0 Å². The number of hydrogen-bond acceptors (Lipinski definition) is 6. The fraction of sp³-hybridized carbons (Fsp3) is 0.214. The van der Waals surface area contributed by atoms with Crippen LogP contribution in [0.15, 0.2) is 63.8 Å². The summed E-state index contributed by atoms with van der Waals surface area (Å²) in [7, 11) is 0. The van der Waals surface area contributed by atoms with E-state index in [9.17, 15) is 9.59 Å². The molecule has 0 spiro atoms. The van der Waals surface area contributed by atoms with Crippen LogP contribution in [0.1, 0.15) is 34.2 Å². The molecule has 0 aliphatic carbocycles. The van der Waals surface area contributed by atoms with Gasteiger partial charge >= 0.3 is 5.97 Å². The van der Waals surface area contributed by atoms with E-state index in [2.05, 4.69) is 0 Å². The normalized spacial score (nSPS) is 12.6. The highest BCUT2D eigenvalue weighted by Crippen LogP contribution is 2.36. The first-order valence-corrected chi connectivity index (χ1v) is 11.2. The van der Waals surface area contributed by atoms with Gasteiger partial charge in [-0.05, 0) is 61.2 Å². The van der Waals surface area contributed by atoms with Crippen LogP contribution in [-0.2, 0) is 6.42 Å². The predicted molar refractivity (Wildman–Crippen MR) is 129 cm³/mol. The van der Waals surface area contributed by atoms with Crippen molar-refractivity contribution in [2.45, 2.75) is 27.2 Å². The minimum Gasteiger partial charge on any atom is -0.486 e. The van der Waals surface area contributed by atoms with Crippen LogP contribution < -0.4 is 19.6 Å². The highest BCUT2D eigenvalue weighted by molar-refractivity contribution is 5.93. The van der Waals surface area contributed by atoms with E-state index in [-0.39, 0.29) is 5.43 Å². The molecule has 0 amide bonds. The van der Waals surface area contributed by atoms with Crippen LogP contribution in [0.2, 0.25) is 0 Å². The summed E-state index contributed by atoms with van der Waals surface area (Å²) in [6.07, 6.45) is 0.582. The Hall–Kier alpha value is -4.06. The number of hydrogen-bond donors (Lipinski definition) is 0. The second-order valence-electron chi connectivity index (χ2n) is 8.23. The Labute approximate surface area is 196 Å². The third kappa shape index (κ3) is 3.81. The smallest absolute Gasteiger partial charge is 0.343 e. The average molecular weight is 456 g/mol. The third-order valence-electron chi connectivity index (χ3n) is 6.03. The van der Waals surface area contributed by atoms with Gasteiger partial charge in [0.2, 0.25) is 5.43 Å². The topological polar surface area (TPSA) is 75.0 Å². The Morgan fingerprint density at radius 1 is 0.971 bits per heavy atom. The van der Waals surface area contributed by atoms with Crippen LogP contribution in [0.5, 0.6) is 17.2 Å². The van der Waals surface area contributed by atoms with Crippen molar-refractivity contribution in [3.8, 4) is 28.4 Å². The van der Waals surface area contributed by atoms with Crippen LogP contribution >= 0.6 is 0 Å². The van der Waals surface area contributed by atoms with Gasteiger partial charge in [0.1, 0.15) is 30.3 Å². The Bertz CT molecular complexity index is 1480. The molecule has 1 aromatic heterocycles. The third-order valence-corrected chi connectivity index (χ3v) is 6.03. The second kappa shape index (κ2) is 8.71. The maximum atomic E-state index is 13.5. The van der Waals surface area contributed by atoms with E-state index in [1.54, 1.807) is 43.3 Å². The monoisotopic (exact) mass is 456 g/mol. The van der Waals surface area contributed by atoms with Crippen molar-refractivity contribution in [3.05, 3.63) is 87.3 Å². The highest BCUT2D eigenvalue weighted by atomic mass is 16.6. The van der Waals surface area contributed by atoms with Crippen LogP contribution in [-0.4, -0.2) is 19.2 Å². The number of esters is 1. The Morgan fingerprint density at radius 2 is 1.74 bits per heavy atom. The lowest BCUT2D eigenvalue weighted by Gasteiger charge is -2.19. The van der Waals surface area contributed by atoms with Gasteiger partial charge in [-0.2, -0.15) is 0 Å². The van der Waals surface area contributed by atoms with Crippen LogP contribution in [0, 0.1) is 13.8 Å². The van der Waals surface area contributed by atoms with Gasteiger partial charge in [0.05, 0.1) is 16.5 Å². The minimum atomic E-state index is -0.445. The minimum absolute atomic E-state index is 0.151. The lowest BCUT2D eigenvalue weighted by atomic mass is 10.00. The van der Waals surface area contributed by atoms with Gasteiger partial charge in [-0.25, -0.2) is 4.79 Å². The number of aryl methyl sites for hydroxylation is 3. The molecule has 5 rings (SSSR count). The molecule has 1 aliphatic rings. The molecular weight excluding hydrogens is 432 g/mol. The van der Waals surface area contributed by atoms with Crippen molar-refractivity contribution in [2.24, 2.45) is 0 Å². The van der Waals surface area contributed by atoms with Crippen LogP contribution in [0.4, 0.5) is 0 Å². The predicted octanol–water partition coefficient (Wildman–Crippen LogP) is 5.63. The Morgan fingerprint density at radius 3 is 2.50 bits per heavy atom. The van der Waals surface area contributed by atoms with Gasteiger partial charge in [0.15, 0.2) is 11.5 Å². The molecule has 34 heavy (non-hydrogen) atoms. The van der Waals surface area contributed by atoms with E-state index in [1.165, 1.54) is 0 Å². The molecular formula is C28H24O6. The summed E-state index contributed by atoms with van der Waals surface area (Å²) < 4.78 is 23.1. The standard InChI is InChI=1S/C28H24O6/c1-4-18-13-21-24(15-23(18)34-28(30)20-8-6-5-7-16(20)2)33-17(3)26(27(21)29)19-9-10-22-25(14-19)32-12-11-31-22/h5-10,13-15H,4,11-12H2,1-3H3. The van der Waals surface area contributed by atoms with Crippen molar-refractivity contribution in [1.29, 1.82) is 0 Å². The fourth-order valence-electron chi connectivity index (χ4n) is 4.24. The van der Waals surface area contributed by atoms with Crippen molar-refractivity contribution < 1.29 is 23.4 Å². The number of fused-ring (bicyclic) bond motifs is 2. The summed E-state index contributed by atoms with van der Waals surface area (Å²) in [5, 5.41) is 0.433. The zero-order valence-electron chi connectivity index (χ0n) is 19.3. The fourth-order valence-corrected chi connectivity index (χ4v) is 4.24. The molecule has 1 aliphatic heterocycles. The lowest BCUT2D eigenvalue weighted by Crippen LogP contribution is -2.15. The molecule has 2 heterocycles. The van der Waals surface area contributed by atoms with Crippen molar-refractivity contribution in [3.63, 3.8) is 0 Å². The van der Waals surface area contributed by atoms with Gasteiger partial charge in [-0.1, -0.05) is 31.2 Å². The van der Waals surface area contributed by atoms with Gasteiger partial charge in [0.25, 0.3) is 0 Å². The van der Waals surface area contributed by atoms with E-state index in [4.69, 9.17) is 18.6 Å². The maximum Gasteiger partial charge on any atom is 0.343 e. The summed E-state index contributed by atoms with van der Waals surface area (Å²) >= 11 is 0. The highest BCUT2D eigenvalue weighted by Gasteiger charge is 2.20. The van der Waals surface area contributed by atoms with E-state index >= 15 is 0 Å². The number of carbonyl (C=O) groups excluding carboxylic acids is 1. The first kappa shape index (κ1) is 21.8. The Balaban J connectivity index is 1.59. The average Bonchev–Trinajstić information content (AvgIpc) is 2.84. The van der Waals surface area contributed by atoms with Gasteiger partial charge in [-0.3, -0.25) is 4.79 Å². The second-order valence-corrected chi connectivity index (χ2v) is 8.23. The number of carbonyl (C=O) groups is 1. The molecule has 4 aromatic rings. The molecule has 0 radical (unpaired) electrons. The molecule has 3 aromatic carbocycles. The van der Waals surface area contributed by atoms with Gasteiger partial charge < -0.3 is 18.6 Å². The molecule has 6 nitrogen and oxygen atoms in total. The number of rotatable bonds is 4. The summed E-state index contributed by atoms with van der Waals surface area (Å²) in [6.45, 7) is 6.52. The summed E-state index contributed by atoms with van der Waals surface area (Å²) in [5.74, 6) is 1.67. The summed E-state index contributed by atoms with van der Waals surface area (Å²) in [6, 6.07) is 16.1. The molecule has 0 saturated carbocycles. The van der Waals surface area contributed by atoms with Crippen molar-refractivity contribution in [1.82, 2.24) is 0 Å². The van der Waals surface area contributed by atoms with E-state index in [0.717, 1.165) is 11.1 Å². The van der Waals surface area contributed by atoms with E-state index < -0.39 is 5.97 Å². The molecule has 6 heteroatoms. The van der Waals surface area contributed by atoms with Crippen LogP contribution in [0.25, 0.3) is 22.1 Å². The summed E-state index contributed by atoms with van der Waals surface area (Å²) in [4.78, 5) is 26.3. The zero-order valence-corrected chi connectivity index (χ0v) is 19.3. The van der Waals surface area contributed by atoms with Gasteiger partial charge in [-0.15, -0.1) is 0 Å². The molecule has 0 N–H and O–H groups in total. The Kier molecular flexibility index (Phi) is 5.57. The first-order valence-electron chi connectivity index (χ1n) is 11.2. The molecule has 0 unspecified atom stereocenters. The van der Waals surface area contributed by atoms with Crippen molar-refractivity contribution in [2.75, 3.05) is 13.2 Å². The molecule has 0 bridgehead atoms. The molecule has 0 atom stereocenters. The first-order chi connectivity index (χ1) is 16.5.